The average molecular weight is 159 g/mol. The number of hydrogen-bond acceptors (Lipinski definition) is 4. The summed E-state index contributed by atoms with van der Waals surface area (Å²) in [6.07, 6.45) is 0. The molecule has 0 atom stereocenters. The lowest BCUT2D eigenvalue weighted by molar-refractivity contribution is -0.122. The van der Waals surface area contributed by atoms with Crippen LogP contribution in [0.15, 0.2) is 0 Å². The largest absolute Gasteiger partial charge is 0.379 e. The quantitative estimate of drug-likeness (QED) is 0.501. The summed E-state index contributed by atoms with van der Waals surface area (Å²) in [7, 11) is 0. The van der Waals surface area contributed by atoms with Crippen molar-refractivity contribution in [3.05, 3.63) is 0 Å². The van der Waals surface area contributed by atoms with Crippen LogP contribution in [-0.2, 0) is 9.53 Å². The van der Waals surface area contributed by atoms with E-state index < -0.39 is 0 Å². The van der Waals surface area contributed by atoms with Crippen LogP contribution in [0.5, 0.6) is 0 Å². The smallest absolute Gasteiger partial charge is 0.232 e. The molecule has 1 rings (SSSR count). The number of ether oxygens (including phenoxy) is 1. The number of nitrogens with zero attached hydrogens (tertiary/aromatic N) is 1. The first kappa shape index (κ1) is 8.45. The second-order valence-corrected chi connectivity index (χ2v) is 2.39. The lowest BCUT2D eigenvalue weighted by Gasteiger charge is -2.26. The molecule has 0 saturated carbocycles. The van der Waals surface area contributed by atoms with Crippen molar-refractivity contribution in [1.29, 1.82) is 0 Å². The van der Waals surface area contributed by atoms with E-state index in [4.69, 9.17) is 4.74 Å². The van der Waals surface area contributed by atoms with E-state index in [1.807, 2.05) is 5.01 Å². The Morgan fingerprint density at radius 2 is 2.09 bits per heavy atom. The van der Waals surface area contributed by atoms with Crippen LogP contribution in [0.4, 0.5) is 0 Å². The maximum absolute atomic E-state index is 10.5. The van der Waals surface area contributed by atoms with Gasteiger partial charge in [0, 0.05) is 20.0 Å². The van der Waals surface area contributed by atoms with Crippen molar-refractivity contribution in [1.82, 2.24) is 16.0 Å². The van der Waals surface area contributed by atoms with Gasteiger partial charge >= 0.3 is 0 Å². The van der Waals surface area contributed by atoms with Gasteiger partial charge in [-0.15, -0.1) is 0 Å². The van der Waals surface area contributed by atoms with Gasteiger partial charge in [0.15, 0.2) is 0 Å². The average Bonchev–Trinajstić information content (AvgIpc) is 2.03. The van der Waals surface area contributed by atoms with Gasteiger partial charge in [-0.25, -0.2) is 5.01 Å². The van der Waals surface area contributed by atoms with Crippen LogP contribution < -0.4 is 11.0 Å². The van der Waals surface area contributed by atoms with Gasteiger partial charge in [0.1, 0.15) is 0 Å². The second kappa shape index (κ2) is 4.27. The first-order valence-corrected chi connectivity index (χ1v) is 3.64. The monoisotopic (exact) mass is 159 g/mol. The zero-order chi connectivity index (χ0) is 8.10. The van der Waals surface area contributed by atoms with Crippen molar-refractivity contribution in [3.8, 4) is 0 Å². The summed E-state index contributed by atoms with van der Waals surface area (Å²) < 4.78 is 5.11. The highest BCUT2D eigenvalue weighted by atomic mass is 16.5. The molecule has 0 radical (unpaired) electrons. The normalized spacial score (nSPS) is 19.7. The molecule has 1 saturated heterocycles. The Morgan fingerprint density at radius 1 is 1.45 bits per heavy atom. The van der Waals surface area contributed by atoms with Crippen LogP contribution in [-0.4, -0.2) is 37.2 Å². The molecule has 0 aromatic carbocycles. The number of hydrogen-bond donors (Lipinski definition) is 2. The van der Waals surface area contributed by atoms with Crippen molar-refractivity contribution < 1.29 is 9.53 Å². The minimum Gasteiger partial charge on any atom is -0.379 e. The van der Waals surface area contributed by atoms with Crippen LogP contribution in [0.2, 0.25) is 0 Å². The predicted octanol–water partition coefficient (Wildman–Crippen LogP) is -1.13. The molecule has 5 heteroatoms. The number of nitrogens with one attached hydrogen (secondary N) is 2. The number of carbonyl (C=O) groups is 1. The summed E-state index contributed by atoms with van der Waals surface area (Å²) in [6, 6.07) is 0. The van der Waals surface area contributed by atoms with Crippen molar-refractivity contribution in [2.24, 2.45) is 0 Å². The van der Waals surface area contributed by atoms with Gasteiger partial charge in [-0.1, -0.05) is 0 Å². The molecule has 11 heavy (non-hydrogen) atoms. The standard InChI is InChI=1S/C6H13N3O2/c1-6(10)7-8-9-2-4-11-5-3-9/h8H,2-5H2,1H3,(H,7,10). The molecule has 1 aliphatic rings. The third-order valence-corrected chi connectivity index (χ3v) is 1.40. The number of carbonyl (C=O) groups excluding carboxylic acids is 1. The molecule has 0 aromatic rings. The molecule has 5 nitrogen and oxygen atoms in total. The van der Waals surface area contributed by atoms with Crippen molar-refractivity contribution in [2.75, 3.05) is 26.3 Å². The van der Waals surface area contributed by atoms with Gasteiger partial charge in [0.2, 0.25) is 5.91 Å². The summed E-state index contributed by atoms with van der Waals surface area (Å²) in [4.78, 5) is 10.5. The zero-order valence-corrected chi connectivity index (χ0v) is 6.59. The van der Waals surface area contributed by atoms with Crippen LogP contribution in [0.25, 0.3) is 0 Å². The van der Waals surface area contributed by atoms with Crippen LogP contribution in [0, 0.1) is 0 Å². The lowest BCUT2D eigenvalue weighted by Crippen LogP contribution is -2.53. The molecule has 1 fully saturated rings. The molecule has 1 amide bonds. The van der Waals surface area contributed by atoms with Gasteiger partial charge in [-0.05, 0) is 0 Å². The minimum absolute atomic E-state index is 0.0866. The van der Waals surface area contributed by atoms with Crippen molar-refractivity contribution in [2.45, 2.75) is 6.92 Å². The molecular weight excluding hydrogens is 146 g/mol. The van der Waals surface area contributed by atoms with E-state index in [2.05, 4.69) is 11.0 Å². The van der Waals surface area contributed by atoms with E-state index in [9.17, 15) is 4.79 Å². The van der Waals surface area contributed by atoms with E-state index >= 15 is 0 Å². The van der Waals surface area contributed by atoms with E-state index in [0.717, 1.165) is 13.1 Å². The zero-order valence-electron chi connectivity index (χ0n) is 6.59. The third kappa shape index (κ3) is 3.31. The first-order chi connectivity index (χ1) is 5.29. The maximum Gasteiger partial charge on any atom is 0.232 e. The molecule has 1 heterocycles. The molecule has 0 unspecified atom stereocenters. The summed E-state index contributed by atoms with van der Waals surface area (Å²) in [6.45, 7) is 4.51. The predicted molar refractivity (Wildman–Crippen MR) is 39.3 cm³/mol. The van der Waals surface area contributed by atoms with E-state index in [1.54, 1.807) is 0 Å². The third-order valence-electron chi connectivity index (χ3n) is 1.40. The molecule has 2 N–H and O–H groups in total. The Hall–Kier alpha value is -0.650. The summed E-state index contributed by atoms with van der Waals surface area (Å²) >= 11 is 0. The van der Waals surface area contributed by atoms with E-state index in [0.29, 0.717) is 13.2 Å². The summed E-state index contributed by atoms with van der Waals surface area (Å²) in [5.74, 6) is -0.0866. The molecule has 0 spiro atoms. The number of rotatable bonds is 2. The SMILES string of the molecule is CC(=O)NNN1CCOCC1. The summed E-state index contributed by atoms with van der Waals surface area (Å²) in [5, 5.41) is 1.91. The minimum atomic E-state index is -0.0866. The van der Waals surface area contributed by atoms with Gasteiger partial charge in [-0.3, -0.25) is 10.2 Å². The Morgan fingerprint density at radius 3 is 2.64 bits per heavy atom. The fraction of sp³-hybridized carbons (Fsp3) is 0.833. The second-order valence-electron chi connectivity index (χ2n) is 2.39. The number of hydrazine groups is 2. The molecule has 0 aliphatic carbocycles. The van der Waals surface area contributed by atoms with Gasteiger partial charge in [-0.2, -0.15) is 5.53 Å². The highest BCUT2D eigenvalue weighted by Crippen LogP contribution is 1.89. The van der Waals surface area contributed by atoms with Gasteiger partial charge < -0.3 is 4.74 Å². The number of amides is 1. The molecule has 0 bridgehead atoms. The Bertz CT molecular complexity index is 134. The highest BCUT2D eigenvalue weighted by molar-refractivity contribution is 5.72. The topological polar surface area (TPSA) is 53.6 Å². The van der Waals surface area contributed by atoms with E-state index in [1.165, 1.54) is 6.92 Å². The summed E-state index contributed by atoms with van der Waals surface area (Å²) in [5.41, 5.74) is 5.27. The van der Waals surface area contributed by atoms with Gasteiger partial charge in [0.25, 0.3) is 0 Å². The maximum atomic E-state index is 10.5. The lowest BCUT2D eigenvalue weighted by atomic mass is 10.5. The van der Waals surface area contributed by atoms with Gasteiger partial charge in [0.05, 0.1) is 13.2 Å². The number of morpholine rings is 1. The molecule has 0 aromatic heterocycles. The molecule has 64 valence electrons. The molecular formula is C6H13N3O2. The van der Waals surface area contributed by atoms with Crippen LogP contribution >= 0.6 is 0 Å². The Balaban J connectivity index is 2.09. The highest BCUT2D eigenvalue weighted by Gasteiger charge is 2.08. The first-order valence-electron chi connectivity index (χ1n) is 3.64. The van der Waals surface area contributed by atoms with Crippen LogP contribution in [0.3, 0.4) is 0 Å². The Labute approximate surface area is 65.6 Å². The fourth-order valence-electron chi connectivity index (χ4n) is 0.833. The fourth-order valence-corrected chi connectivity index (χ4v) is 0.833. The van der Waals surface area contributed by atoms with Crippen molar-refractivity contribution >= 4 is 5.91 Å². The Kier molecular flexibility index (Phi) is 3.28. The van der Waals surface area contributed by atoms with Crippen LogP contribution in [0.1, 0.15) is 6.92 Å². The van der Waals surface area contributed by atoms with E-state index in [-0.39, 0.29) is 5.91 Å². The molecule has 1 aliphatic heterocycles. The van der Waals surface area contributed by atoms with Crippen molar-refractivity contribution in [3.63, 3.8) is 0 Å².